The maximum atomic E-state index is 14.6. The van der Waals surface area contributed by atoms with Gasteiger partial charge in [-0.1, -0.05) is 36.0 Å². The fourth-order valence-electron chi connectivity index (χ4n) is 2.99. The summed E-state index contributed by atoms with van der Waals surface area (Å²) in [5, 5.41) is 8.78. The SMILES string of the molecule is C=CCN(CC=C)C(=O)CSc1nnc(COc2ccc(OC)cc2)n1-c1ccccc1F. The lowest BCUT2D eigenvalue weighted by atomic mass is 10.3. The molecule has 0 aliphatic carbocycles. The van der Waals surface area contributed by atoms with E-state index in [-0.39, 0.29) is 24.0 Å². The van der Waals surface area contributed by atoms with E-state index in [1.165, 1.54) is 17.8 Å². The average molecular weight is 469 g/mol. The van der Waals surface area contributed by atoms with Crippen LogP contribution in [0.15, 0.2) is 79.0 Å². The van der Waals surface area contributed by atoms with E-state index >= 15 is 0 Å². The Hall–Kier alpha value is -3.59. The summed E-state index contributed by atoms with van der Waals surface area (Å²) in [4.78, 5) is 14.2. The van der Waals surface area contributed by atoms with Crippen LogP contribution in [0.25, 0.3) is 5.69 Å². The van der Waals surface area contributed by atoms with E-state index in [0.29, 0.717) is 35.6 Å². The Balaban J connectivity index is 1.82. The molecular weight excluding hydrogens is 443 g/mol. The Morgan fingerprint density at radius 3 is 2.39 bits per heavy atom. The Morgan fingerprint density at radius 1 is 1.09 bits per heavy atom. The van der Waals surface area contributed by atoms with Gasteiger partial charge >= 0.3 is 0 Å². The number of hydrogen-bond acceptors (Lipinski definition) is 6. The zero-order chi connectivity index (χ0) is 23.6. The third-order valence-electron chi connectivity index (χ3n) is 4.60. The standard InChI is InChI=1S/C24H25FN4O3S/c1-4-14-28(15-5-2)23(30)17-33-24-27-26-22(29(24)21-9-7-6-8-20(21)25)16-32-19-12-10-18(31-3)11-13-19/h4-13H,1-2,14-17H2,3H3. The molecule has 0 fully saturated rings. The van der Waals surface area contributed by atoms with Gasteiger partial charge in [-0.05, 0) is 36.4 Å². The van der Waals surface area contributed by atoms with Crippen molar-refractivity contribution in [1.82, 2.24) is 19.7 Å². The molecule has 1 amide bonds. The summed E-state index contributed by atoms with van der Waals surface area (Å²) in [5.74, 6) is 1.28. The van der Waals surface area contributed by atoms with E-state index in [1.807, 2.05) is 0 Å². The van der Waals surface area contributed by atoms with E-state index in [1.54, 1.807) is 71.2 Å². The zero-order valence-corrected chi connectivity index (χ0v) is 19.1. The number of rotatable bonds is 12. The highest BCUT2D eigenvalue weighted by molar-refractivity contribution is 7.99. The molecule has 0 saturated carbocycles. The number of halogens is 1. The number of benzene rings is 2. The van der Waals surface area contributed by atoms with Crippen LogP contribution in [0.4, 0.5) is 4.39 Å². The van der Waals surface area contributed by atoms with Gasteiger partial charge in [0.05, 0.1) is 18.6 Å². The van der Waals surface area contributed by atoms with Crippen molar-refractivity contribution in [2.75, 3.05) is 26.0 Å². The van der Waals surface area contributed by atoms with Gasteiger partial charge in [-0.15, -0.1) is 23.4 Å². The second-order valence-electron chi connectivity index (χ2n) is 6.81. The number of methoxy groups -OCH3 is 1. The lowest BCUT2D eigenvalue weighted by Gasteiger charge is -2.19. The smallest absolute Gasteiger partial charge is 0.233 e. The Kier molecular flexibility index (Phi) is 8.65. The van der Waals surface area contributed by atoms with E-state index in [2.05, 4.69) is 23.4 Å². The molecule has 33 heavy (non-hydrogen) atoms. The van der Waals surface area contributed by atoms with E-state index in [9.17, 15) is 9.18 Å². The van der Waals surface area contributed by atoms with Crippen LogP contribution in [0.5, 0.6) is 11.5 Å². The summed E-state index contributed by atoms with van der Waals surface area (Å²) in [6.07, 6.45) is 3.31. The van der Waals surface area contributed by atoms with Crippen LogP contribution < -0.4 is 9.47 Å². The van der Waals surface area contributed by atoms with Gasteiger partial charge in [0.2, 0.25) is 5.91 Å². The van der Waals surface area contributed by atoms with Crippen molar-refractivity contribution >= 4 is 17.7 Å². The second-order valence-corrected chi connectivity index (χ2v) is 7.76. The molecule has 0 unspecified atom stereocenters. The highest BCUT2D eigenvalue weighted by Crippen LogP contribution is 2.25. The minimum atomic E-state index is -0.434. The highest BCUT2D eigenvalue weighted by Gasteiger charge is 2.20. The van der Waals surface area contributed by atoms with Crippen molar-refractivity contribution in [2.45, 2.75) is 11.8 Å². The van der Waals surface area contributed by atoms with Gasteiger partial charge < -0.3 is 14.4 Å². The summed E-state index contributed by atoms with van der Waals surface area (Å²) in [6.45, 7) is 8.24. The molecule has 3 rings (SSSR count). The van der Waals surface area contributed by atoms with E-state index in [4.69, 9.17) is 9.47 Å². The van der Waals surface area contributed by atoms with Crippen LogP contribution in [0, 0.1) is 5.82 Å². The van der Waals surface area contributed by atoms with Crippen molar-refractivity contribution in [3.63, 3.8) is 0 Å². The van der Waals surface area contributed by atoms with Crippen molar-refractivity contribution in [3.8, 4) is 17.2 Å². The quantitative estimate of drug-likeness (QED) is 0.292. The number of ether oxygens (including phenoxy) is 2. The molecule has 2 aromatic carbocycles. The molecule has 1 heterocycles. The van der Waals surface area contributed by atoms with Crippen LogP contribution in [-0.2, 0) is 11.4 Å². The molecule has 9 heteroatoms. The normalized spacial score (nSPS) is 10.5. The summed E-state index contributed by atoms with van der Waals surface area (Å²) in [7, 11) is 1.59. The first kappa shape index (κ1) is 24.1. The Labute approximate surface area is 196 Å². The predicted molar refractivity (Wildman–Crippen MR) is 126 cm³/mol. The molecule has 0 saturated heterocycles. The van der Waals surface area contributed by atoms with Crippen LogP contribution in [-0.4, -0.2) is 51.5 Å². The fraction of sp³-hybridized carbons (Fsp3) is 0.208. The summed E-state index contributed by atoms with van der Waals surface area (Å²) >= 11 is 1.18. The third kappa shape index (κ3) is 6.23. The Bertz CT molecular complexity index is 1090. The molecule has 0 N–H and O–H groups in total. The first-order valence-electron chi connectivity index (χ1n) is 10.2. The maximum Gasteiger partial charge on any atom is 0.233 e. The summed E-state index contributed by atoms with van der Waals surface area (Å²) < 4.78 is 27.2. The Morgan fingerprint density at radius 2 is 1.76 bits per heavy atom. The van der Waals surface area contributed by atoms with Gasteiger partial charge in [-0.25, -0.2) is 4.39 Å². The first-order chi connectivity index (χ1) is 16.1. The molecule has 1 aromatic heterocycles. The molecule has 0 aliphatic heterocycles. The summed E-state index contributed by atoms with van der Waals surface area (Å²) in [6, 6.07) is 13.4. The number of thioether (sulfide) groups is 1. The molecule has 0 bridgehead atoms. The molecule has 0 atom stereocenters. The average Bonchev–Trinajstić information content (AvgIpc) is 3.24. The van der Waals surface area contributed by atoms with Crippen molar-refractivity contribution in [2.24, 2.45) is 0 Å². The highest BCUT2D eigenvalue weighted by atomic mass is 32.2. The maximum absolute atomic E-state index is 14.6. The van der Waals surface area contributed by atoms with Gasteiger partial charge in [-0.3, -0.25) is 9.36 Å². The van der Waals surface area contributed by atoms with Crippen molar-refractivity contribution in [3.05, 3.63) is 85.5 Å². The molecular formula is C24H25FN4O3S. The van der Waals surface area contributed by atoms with Gasteiger partial charge in [0.1, 0.15) is 23.9 Å². The number of para-hydroxylation sites is 1. The fourth-order valence-corrected chi connectivity index (χ4v) is 3.86. The monoisotopic (exact) mass is 468 g/mol. The van der Waals surface area contributed by atoms with Gasteiger partial charge in [0, 0.05) is 13.1 Å². The second kappa shape index (κ2) is 11.9. The number of aromatic nitrogens is 3. The minimum Gasteiger partial charge on any atom is -0.497 e. The van der Waals surface area contributed by atoms with Crippen LogP contribution in [0.2, 0.25) is 0 Å². The number of amides is 1. The molecule has 7 nitrogen and oxygen atoms in total. The van der Waals surface area contributed by atoms with E-state index < -0.39 is 5.82 Å². The number of carbonyl (C=O) groups excluding carboxylic acids is 1. The molecule has 0 aliphatic rings. The van der Waals surface area contributed by atoms with Crippen LogP contribution in [0.1, 0.15) is 5.82 Å². The minimum absolute atomic E-state index is 0.0568. The lowest BCUT2D eigenvalue weighted by Crippen LogP contribution is -2.32. The van der Waals surface area contributed by atoms with Crippen molar-refractivity contribution in [1.29, 1.82) is 0 Å². The lowest BCUT2D eigenvalue weighted by molar-refractivity contribution is -0.127. The third-order valence-corrected chi connectivity index (χ3v) is 5.51. The number of hydrogen-bond donors (Lipinski definition) is 0. The zero-order valence-electron chi connectivity index (χ0n) is 18.3. The number of carbonyl (C=O) groups is 1. The van der Waals surface area contributed by atoms with Gasteiger partial charge in [0.15, 0.2) is 11.0 Å². The number of nitrogens with zero attached hydrogens (tertiary/aromatic N) is 4. The van der Waals surface area contributed by atoms with Gasteiger partial charge in [0.25, 0.3) is 0 Å². The largest absolute Gasteiger partial charge is 0.497 e. The van der Waals surface area contributed by atoms with Crippen LogP contribution in [0.3, 0.4) is 0 Å². The van der Waals surface area contributed by atoms with Crippen LogP contribution >= 0.6 is 11.8 Å². The summed E-state index contributed by atoms with van der Waals surface area (Å²) in [5.41, 5.74) is 0.278. The topological polar surface area (TPSA) is 69.5 Å². The van der Waals surface area contributed by atoms with Crippen molar-refractivity contribution < 1.29 is 18.7 Å². The molecule has 3 aromatic rings. The first-order valence-corrected chi connectivity index (χ1v) is 11.1. The van der Waals surface area contributed by atoms with E-state index in [0.717, 1.165) is 0 Å². The molecule has 0 spiro atoms. The molecule has 172 valence electrons. The van der Waals surface area contributed by atoms with Gasteiger partial charge in [-0.2, -0.15) is 0 Å². The molecule has 0 radical (unpaired) electrons. The predicted octanol–water partition coefficient (Wildman–Crippen LogP) is 4.29.